The molecule has 0 saturated carbocycles. The van der Waals surface area contributed by atoms with Crippen LogP contribution in [0.15, 0.2) is 46.9 Å². The zero-order valence-electron chi connectivity index (χ0n) is 12.4. The molecule has 2 aromatic rings. The first kappa shape index (κ1) is 15.8. The van der Waals surface area contributed by atoms with Gasteiger partial charge in [-0.25, -0.2) is 0 Å². The topological polar surface area (TPSA) is 26.3 Å². The summed E-state index contributed by atoms with van der Waals surface area (Å²) in [5.41, 5.74) is 1.99. The summed E-state index contributed by atoms with van der Waals surface area (Å²) < 4.78 is 6.57. The van der Waals surface area contributed by atoms with Gasteiger partial charge in [0.05, 0.1) is 0 Å². The van der Waals surface area contributed by atoms with E-state index in [1.165, 1.54) is 18.4 Å². The Labute approximate surface area is 134 Å². The molecule has 0 fully saturated rings. The number of halogens is 1. The third kappa shape index (κ3) is 4.43. The Balaban J connectivity index is 2.07. The molecule has 0 unspecified atom stereocenters. The van der Waals surface area contributed by atoms with Crippen molar-refractivity contribution in [3.8, 4) is 11.5 Å². The zero-order chi connectivity index (χ0) is 15.2. The van der Waals surface area contributed by atoms with Crippen LogP contribution in [0.3, 0.4) is 0 Å². The number of rotatable bonds is 6. The van der Waals surface area contributed by atoms with Crippen LogP contribution in [0, 0.1) is 0 Å². The van der Waals surface area contributed by atoms with Gasteiger partial charge in [0, 0.05) is 10.0 Å². The average molecular weight is 347 g/mol. The molecule has 21 heavy (non-hydrogen) atoms. The largest absolute Gasteiger partial charge is 0.457 e. The van der Waals surface area contributed by atoms with E-state index in [-0.39, 0.29) is 5.78 Å². The van der Waals surface area contributed by atoms with E-state index in [4.69, 9.17) is 4.74 Å². The monoisotopic (exact) mass is 346 g/mol. The van der Waals surface area contributed by atoms with Gasteiger partial charge in [-0.2, -0.15) is 0 Å². The Morgan fingerprint density at radius 1 is 1.10 bits per heavy atom. The van der Waals surface area contributed by atoms with Gasteiger partial charge >= 0.3 is 0 Å². The number of carbonyl (C=O) groups excluding carboxylic acids is 1. The van der Waals surface area contributed by atoms with Gasteiger partial charge in [-0.15, -0.1) is 0 Å². The van der Waals surface area contributed by atoms with Crippen molar-refractivity contribution >= 4 is 21.7 Å². The van der Waals surface area contributed by atoms with Crippen molar-refractivity contribution in [3.05, 3.63) is 58.1 Å². The second kappa shape index (κ2) is 7.41. The Morgan fingerprint density at radius 2 is 1.76 bits per heavy atom. The van der Waals surface area contributed by atoms with Crippen molar-refractivity contribution in [2.24, 2.45) is 0 Å². The van der Waals surface area contributed by atoms with Crippen LogP contribution in [0.4, 0.5) is 0 Å². The van der Waals surface area contributed by atoms with Crippen LogP contribution in [0.5, 0.6) is 11.5 Å². The van der Waals surface area contributed by atoms with E-state index < -0.39 is 0 Å². The van der Waals surface area contributed by atoms with E-state index in [1.54, 1.807) is 13.0 Å². The van der Waals surface area contributed by atoms with Crippen LogP contribution in [-0.2, 0) is 6.42 Å². The number of unbranched alkanes of at least 4 members (excludes halogenated alkanes) is 1. The molecular formula is C18H19BrO2. The minimum atomic E-state index is 0.0358. The predicted octanol–water partition coefficient (Wildman–Crippen LogP) is 5.79. The zero-order valence-corrected chi connectivity index (χ0v) is 13.9. The fourth-order valence-corrected chi connectivity index (χ4v) is 2.72. The fraction of sp³-hybridized carbons (Fsp3) is 0.278. The molecule has 3 heteroatoms. The van der Waals surface area contributed by atoms with E-state index in [0.29, 0.717) is 11.3 Å². The number of hydrogen-bond donors (Lipinski definition) is 0. The van der Waals surface area contributed by atoms with Crippen molar-refractivity contribution in [2.45, 2.75) is 33.1 Å². The van der Waals surface area contributed by atoms with Gasteiger partial charge in [0.25, 0.3) is 0 Å². The Hall–Kier alpha value is -1.61. The molecule has 0 heterocycles. The molecule has 0 saturated heterocycles. The average Bonchev–Trinajstić information content (AvgIpc) is 2.46. The lowest BCUT2D eigenvalue weighted by molar-refractivity contribution is 0.101. The van der Waals surface area contributed by atoms with Crippen molar-refractivity contribution in [3.63, 3.8) is 0 Å². The Kier molecular flexibility index (Phi) is 5.57. The molecule has 0 radical (unpaired) electrons. The van der Waals surface area contributed by atoms with Crippen molar-refractivity contribution in [1.82, 2.24) is 0 Å². The van der Waals surface area contributed by atoms with E-state index >= 15 is 0 Å². The molecular weight excluding hydrogens is 328 g/mol. The summed E-state index contributed by atoms with van der Waals surface area (Å²) in [4.78, 5) is 11.4. The van der Waals surface area contributed by atoms with Gasteiger partial charge in [0.1, 0.15) is 11.5 Å². The minimum absolute atomic E-state index is 0.0358. The summed E-state index contributed by atoms with van der Waals surface area (Å²) in [6, 6.07) is 13.6. The Morgan fingerprint density at radius 3 is 2.33 bits per heavy atom. The summed E-state index contributed by atoms with van der Waals surface area (Å²) in [5.74, 6) is 1.56. The molecule has 2 rings (SSSR count). The highest BCUT2D eigenvalue weighted by atomic mass is 79.9. The predicted molar refractivity (Wildman–Crippen MR) is 89.3 cm³/mol. The molecule has 0 bridgehead atoms. The standard InChI is InChI=1S/C18H19BrO2/c1-3-4-5-14-6-8-15(9-7-14)21-16-10-11-17(13(2)20)18(19)12-16/h6-12H,3-5H2,1-2H3. The van der Waals surface area contributed by atoms with E-state index in [2.05, 4.69) is 35.0 Å². The highest BCUT2D eigenvalue weighted by molar-refractivity contribution is 9.10. The van der Waals surface area contributed by atoms with Crippen LogP contribution in [0.25, 0.3) is 0 Å². The maximum Gasteiger partial charge on any atom is 0.160 e. The molecule has 0 aliphatic carbocycles. The first-order valence-corrected chi connectivity index (χ1v) is 7.96. The molecule has 0 aliphatic heterocycles. The summed E-state index contributed by atoms with van der Waals surface area (Å²) in [7, 11) is 0. The van der Waals surface area contributed by atoms with Gasteiger partial charge in [-0.05, 0) is 71.6 Å². The molecule has 2 nitrogen and oxygen atoms in total. The minimum Gasteiger partial charge on any atom is -0.457 e. The Bertz CT molecular complexity index is 618. The fourth-order valence-electron chi connectivity index (χ4n) is 2.09. The number of ketones is 1. The van der Waals surface area contributed by atoms with Gasteiger partial charge in [-0.3, -0.25) is 4.79 Å². The quantitative estimate of drug-likeness (QED) is 0.619. The van der Waals surface area contributed by atoms with Gasteiger partial charge in [0.2, 0.25) is 0 Å². The van der Waals surface area contributed by atoms with Crippen LogP contribution >= 0.6 is 15.9 Å². The van der Waals surface area contributed by atoms with E-state index in [0.717, 1.165) is 16.6 Å². The van der Waals surface area contributed by atoms with E-state index in [1.807, 2.05) is 24.3 Å². The highest BCUT2D eigenvalue weighted by Crippen LogP contribution is 2.27. The number of ether oxygens (including phenoxy) is 1. The molecule has 0 aliphatic rings. The van der Waals surface area contributed by atoms with Crippen LogP contribution < -0.4 is 4.74 Å². The number of aryl methyl sites for hydroxylation is 1. The van der Waals surface area contributed by atoms with Gasteiger partial charge in [-0.1, -0.05) is 25.5 Å². The molecule has 0 amide bonds. The lowest BCUT2D eigenvalue weighted by Crippen LogP contribution is -1.94. The second-order valence-corrected chi connectivity index (χ2v) is 5.90. The SMILES string of the molecule is CCCCc1ccc(Oc2ccc(C(C)=O)c(Br)c2)cc1. The molecule has 2 aromatic carbocycles. The molecule has 110 valence electrons. The van der Waals surface area contributed by atoms with Crippen LogP contribution in [-0.4, -0.2) is 5.78 Å². The lowest BCUT2D eigenvalue weighted by atomic mass is 10.1. The number of benzene rings is 2. The van der Waals surface area contributed by atoms with Crippen LogP contribution in [0.2, 0.25) is 0 Å². The molecule has 0 N–H and O–H groups in total. The molecule has 0 aromatic heterocycles. The number of hydrogen-bond acceptors (Lipinski definition) is 2. The highest BCUT2D eigenvalue weighted by Gasteiger charge is 2.07. The maximum absolute atomic E-state index is 11.4. The number of carbonyl (C=O) groups is 1. The van der Waals surface area contributed by atoms with Crippen LogP contribution in [0.1, 0.15) is 42.6 Å². The normalized spacial score (nSPS) is 10.4. The first-order valence-electron chi connectivity index (χ1n) is 7.17. The smallest absolute Gasteiger partial charge is 0.160 e. The summed E-state index contributed by atoms with van der Waals surface area (Å²) in [5, 5.41) is 0. The van der Waals surface area contributed by atoms with Crippen molar-refractivity contribution < 1.29 is 9.53 Å². The van der Waals surface area contributed by atoms with Gasteiger partial charge in [0.15, 0.2) is 5.78 Å². The third-order valence-corrected chi connectivity index (χ3v) is 3.95. The van der Waals surface area contributed by atoms with E-state index in [9.17, 15) is 4.79 Å². The summed E-state index contributed by atoms with van der Waals surface area (Å²) in [6.07, 6.45) is 3.52. The second-order valence-electron chi connectivity index (χ2n) is 5.05. The molecule has 0 atom stereocenters. The third-order valence-electron chi connectivity index (χ3n) is 3.30. The van der Waals surface area contributed by atoms with Crippen molar-refractivity contribution in [1.29, 1.82) is 0 Å². The first-order chi connectivity index (χ1) is 10.1. The van der Waals surface area contributed by atoms with Crippen molar-refractivity contribution in [2.75, 3.05) is 0 Å². The maximum atomic E-state index is 11.4. The van der Waals surface area contributed by atoms with Gasteiger partial charge < -0.3 is 4.74 Å². The number of Topliss-reactive ketones (excluding diaryl/α,β-unsaturated/α-hetero) is 1. The summed E-state index contributed by atoms with van der Waals surface area (Å²) >= 11 is 3.40. The summed E-state index contributed by atoms with van der Waals surface area (Å²) in [6.45, 7) is 3.75. The molecule has 0 spiro atoms. The lowest BCUT2D eigenvalue weighted by Gasteiger charge is -2.08.